The maximum absolute atomic E-state index is 8.12. The summed E-state index contributed by atoms with van der Waals surface area (Å²) in [5.74, 6) is 0. The molecule has 0 bridgehead atoms. The Morgan fingerprint density at radius 2 is 1.60 bits per heavy atom. The normalized spacial score (nSPS) is 2.40. The van der Waals surface area contributed by atoms with Crippen molar-refractivity contribution in [2.75, 3.05) is 0 Å². The zero-order valence-electron chi connectivity index (χ0n) is 1.76. The zero-order chi connectivity index (χ0) is 2.71. The second-order valence-electron chi connectivity index (χ2n) is 0.0833. The van der Waals surface area contributed by atoms with Gasteiger partial charge in [-0.05, 0) is 0 Å². The molecule has 0 saturated heterocycles. The van der Waals surface area contributed by atoms with Crippen LogP contribution in [0.5, 0.6) is 0 Å². The van der Waals surface area contributed by atoms with E-state index in [0.717, 1.165) is 0 Å². The number of hydrogen-bond donors (Lipinski definition) is 1. The van der Waals surface area contributed by atoms with Crippen LogP contribution in [0.25, 0.3) is 0 Å². The molecular weight excluding hydrogens is 162 g/mol. The van der Waals surface area contributed by atoms with Crippen molar-refractivity contribution < 1.29 is 27.7 Å². The average Bonchev–Trinajstić information content (AvgIpc) is 0.918. The Balaban J connectivity index is -0.0000000200. The van der Waals surface area contributed by atoms with Gasteiger partial charge in [-0.15, -0.1) is 0 Å². The summed E-state index contributed by atoms with van der Waals surface area (Å²) in [6.45, 7) is 0. The van der Waals surface area contributed by atoms with Crippen molar-refractivity contribution in [1.82, 2.24) is 0 Å². The molecule has 0 aromatic rings. The van der Waals surface area contributed by atoms with E-state index in [2.05, 4.69) is 0 Å². The molecule has 0 aromatic carbocycles. The smallest absolute Gasteiger partial charge is 0 e. The number of rotatable bonds is 0. The Bertz CT molecular complexity index is 17.1. The molecule has 5 heavy (non-hydrogen) atoms. The minimum atomic E-state index is 0. The van der Waals surface area contributed by atoms with Crippen molar-refractivity contribution in [2.45, 2.75) is 0 Å². The molecule has 0 aromatic heterocycles. The van der Waals surface area contributed by atoms with E-state index in [1.165, 1.54) is 0 Å². The fourth-order valence-electron chi connectivity index (χ4n) is 0. The number of nitrogens with one attached hydrogen (secondary N) is 1. The van der Waals surface area contributed by atoms with Gasteiger partial charge in [0.1, 0.15) is 0 Å². The van der Waals surface area contributed by atoms with Gasteiger partial charge in [0.05, 0.1) is 0 Å². The van der Waals surface area contributed by atoms with E-state index < -0.39 is 0 Å². The molecule has 1 radical (unpaired) electrons. The summed E-state index contributed by atoms with van der Waals surface area (Å²) in [6.07, 6.45) is 0. The van der Waals surface area contributed by atoms with Gasteiger partial charge in [-0.1, -0.05) is 0 Å². The molecule has 5 heteroatoms. The van der Waals surface area contributed by atoms with E-state index in [0.29, 0.717) is 0 Å². The largest absolute Gasteiger partial charge is 0 e. The van der Waals surface area contributed by atoms with Gasteiger partial charge >= 0.3 is 29.6 Å². The molecular formula is H2NNaNbO2. The van der Waals surface area contributed by atoms with Gasteiger partial charge in [0.15, 0.2) is 0 Å². The first-order valence-electron chi connectivity index (χ1n) is 0.408. The molecule has 0 aliphatic heterocycles. The van der Waals surface area contributed by atoms with Crippen molar-refractivity contribution in [2.24, 2.45) is 0 Å². The standard InChI is InChI=1S/HNO2.Na.Nb.H/c2-1-3;;;/h1H;;;. The van der Waals surface area contributed by atoms with Crippen LogP contribution in [0.4, 0.5) is 0 Å². The van der Waals surface area contributed by atoms with Crippen LogP contribution in [-0.4, -0.2) is 29.6 Å². The molecule has 1 N–H and O–H groups in total. The third kappa shape index (κ3) is 39.0. The van der Waals surface area contributed by atoms with Gasteiger partial charge in [0.25, 0.3) is 0 Å². The minimum absolute atomic E-state index is 0. The van der Waals surface area contributed by atoms with Crippen LogP contribution < -0.4 is 5.34 Å². The van der Waals surface area contributed by atoms with Gasteiger partial charge in [0.2, 0.25) is 0 Å². The monoisotopic (exact) mass is 164 g/mol. The molecule has 25 valence electrons. The third-order valence-corrected chi connectivity index (χ3v) is 0. The van der Waals surface area contributed by atoms with Gasteiger partial charge < -0.3 is 0 Å². The van der Waals surface area contributed by atoms with E-state index in [-0.39, 0.29) is 57.3 Å². The maximum atomic E-state index is 8.12. The quantitative estimate of drug-likeness (QED) is 0.248. The summed E-state index contributed by atoms with van der Waals surface area (Å²) in [4.78, 5) is 8.12. The third-order valence-electron chi connectivity index (χ3n) is 0. The van der Waals surface area contributed by atoms with Crippen LogP contribution >= 0.6 is 0 Å². The Morgan fingerprint density at radius 3 is 1.60 bits per heavy atom. The Hall–Kier alpha value is 1.14. The first kappa shape index (κ1) is 16.5. The van der Waals surface area contributed by atoms with Crippen LogP contribution in [0.1, 0.15) is 0 Å². The second-order valence-corrected chi connectivity index (χ2v) is 0.0833. The van der Waals surface area contributed by atoms with Crippen LogP contribution in [0.15, 0.2) is 0 Å². The van der Waals surface area contributed by atoms with E-state index in [9.17, 15) is 0 Å². The van der Waals surface area contributed by atoms with Crippen molar-refractivity contribution in [1.29, 1.82) is 0 Å². The minimum Gasteiger partial charge on any atom is 0 e. The molecule has 0 aliphatic rings. The molecule has 0 spiro atoms. The van der Waals surface area contributed by atoms with Crippen LogP contribution in [0.2, 0.25) is 0 Å². The van der Waals surface area contributed by atoms with Gasteiger partial charge in [-0.2, -0.15) is 0 Å². The molecule has 0 unspecified atom stereocenters. The molecule has 0 atom stereocenters. The molecule has 0 saturated carbocycles. The molecule has 0 amide bonds. The van der Waals surface area contributed by atoms with Crippen molar-refractivity contribution in [3.63, 3.8) is 0 Å². The summed E-state index contributed by atoms with van der Waals surface area (Å²) in [5, 5.41) is 8.38. The summed E-state index contributed by atoms with van der Waals surface area (Å²) >= 11 is 0. The predicted molar refractivity (Wildman–Crippen MR) is 14.8 cm³/mol. The van der Waals surface area contributed by atoms with Crippen molar-refractivity contribution >= 4 is 29.6 Å². The molecule has 0 rings (SSSR count). The Labute approximate surface area is 66.9 Å². The second kappa shape index (κ2) is 19.2. The van der Waals surface area contributed by atoms with E-state index in [1.807, 2.05) is 0 Å². The van der Waals surface area contributed by atoms with Crippen molar-refractivity contribution in [3.8, 4) is 0 Å². The Kier molecular flexibility index (Phi) is 63.3. The SMILES string of the molecule is O=[NH+][O-].[NaH].[Nb]. The first-order chi connectivity index (χ1) is 1.41. The van der Waals surface area contributed by atoms with Crippen LogP contribution in [0, 0.1) is 10.1 Å². The fraction of sp³-hybridized carbons (Fsp3) is 0. The summed E-state index contributed by atoms with van der Waals surface area (Å²) in [5.41, 5.74) is 0. The van der Waals surface area contributed by atoms with E-state index in [1.54, 1.807) is 0 Å². The van der Waals surface area contributed by atoms with Crippen molar-refractivity contribution in [3.05, 3.63) is 10.1 Å². The van der Waals surface area contributed by atoms with Gasteiger partial charge in [-0.25, -0.2) is 0 Å². The predicted octanol–water partition coefficient (Wildman–Crippen LogP) is -2.32. The van der Waals surface area contributed by atoms with Crippen LogP contribution in [-0.2, 0) is 22.4 Å². The van der Waals surface area contributed by atoms with Gasteiger partial charge in [-0.3, -0.25) is 10.1 Å². The Morgan fingerprint density at radius 1 is 1.60 bits per heavy atom. The summed E-state index contributed by atoms with van der Waals surface area (Å²) in [6, 6.07) is 0. The first-order valence-corrected chi connectivity index (χ1v) is 0.408. The number of hydrogen-bond acceptors (Lipinski definition) is 2. The molecule has 3 nitrogen and oxygen atoms in total. The fourth-order valence-corrected chi connectivity index (χ4v) is 0. The molecule has 0 aliphatic carbocycles. The summed E-state index contributed by atoms with van der Waals surface area (Å²) in [7, 11) is 0. The zero-order valence-corrected chi connectivity index (χ0v) is 3.96. The van der Waals surface area contributed by atoms with E-state index in [4.69, 9.17) is 10.1 Å². The average molecular weight is 164 g/mol. The maximum Gasteiger partial charge on any atom is 0 e. The van der Waals surface area contributed by atoms with E-state index >= 15 is 0 Å². The van der Waals surface area contributed by atoms with Gasteiger partial charge in [0, 0.05) is 27.7 Å². The molecule has 0 heterocycles. The summed E-state index contributed by atoms with van der Waals surface area (Å²) < 4.78 is 0. The topological polar surface area (TPSA) is 54.1 Å². The van der Waals surface area contributed by atoms with Crippen LogP contribution in [0.3, 0.4) is 0 Å². The molecule has 0 fully saturated rings.